The first kappa shape index (κ1) is 26.3. The van der Waals surface area contributed by atoms with E-state index in [1.807, 2.05) is 60.1 Å². The van der Waals surface area contributed by atoms with Gasteiger partial charge in [-0.15, -0.1) is 0 Å². The number of fused-ring (bicyclic) bond motifs is 1. The van der Waals surface area contributed by atoms with Crippen LogP contribution in [0.25, 0.3) is 16.7 Å². The lowest BCUT2D eigenvalue weighted by molar-refractivity contribution is -0.519. The molecule has 2 aromatic heterocycles. The Bertz CT molecular complexity index is 1330. The maximum Gasteiger partial charge on any atom is 0.255 e. The first-order chi connectivity index (χ1) is 17.8. The predicted octanol–water partition coefficient (Wildman–Crippen LogP) is 2.96. The van der Waals surface area contributed by atoms with E-state index in [2.05, 4.69) is 15.6 Å². The number of rotatable bonds is 11. The topological polar surface area (TPSA) is 120 Å². The van der Waals surface area contributed by atoms with Crippen molar-refractivity contribution in [2.45, 2.75) is 24.6 Å². The van der Waals surface area contributed by atoms with Gasteiger partial charge in [-0.2, -0.15) is 4.98 Å². The Kier molecular flexibility index (Phi) is 7.86. The number of hydrogen-bond acceptors (Lipinski definition) is 9. The van der Waals surface area contributed by atoms with Gasteiger partial charge in [0.05, 0.1) is 24.9 Å². The van der Waals surface area contributed by atoms with E-state index in [4.69, 9.17) is 14.5 Å². The molecule has 2 atom stereocenters. The summed E-state index contributed by atoms with van der Waals surface area (Å²) in [7, 11) is 8.81. The first-order valence-corrected chi connectivity index (χ1v) is 12.0. The van der Waals surface area contributed by atoms with E-state index in [0.717, 1.165) is 16.5 Å². The maximum absolute atomic E-state index is 12.2. The molecule has 2 unspecified atom stereocenters. The van der Waals surface area contributed by atoms with E-state index in [-0.39, 0.29) is 4.92 Å². The third-order valence-corrected chi connectivity index (χ3v) is 6.62. The molecule has 0 saturated carbocycles. The molecule has 11 nitrogen and oxygen atoms in total. The summed E-state index contributed by atoms with van der Waals surface area (Å²) in [6.45, 7) is 1.14. The standard InChI is InChI=1S/C26H33N7O4/c1-27-26(11-13-31(2)3)15-22(37-5)20(14-23(26)33(34)35)29-25-28-12-10-24(30-25)32-16-18(17-36-4)19-8-6-7-9-21(19)32/h6-10,12,14-16,23,27H,11,13,17H2,1-5H3,(H,28,29,30). The van der Waals surface area contributed by atoms with Crippen LogP contribution >= 0.6 is 0 Å². The molecule has 0 bridgehead atoms. The van der Waals surface area contributed by atoms with Crippen molar-refractivity contribution in [3.8, 4) is 5.82 Å². The number of hydrogen-bond donors (Lipinski definition) is 2. The number of nitro groups is 1. The monoisotopic (exact) mass is 507 g/mol. The van der Waals surface area contributed by atoms with Gasteiger partial charge in [-0.1, -0.05) is 18.2 Å². The number of benzene rings is 1. The van der Waals surface area contributed by atoms with Gasteiger partial charge in [0.2, 0.25) is 5.95 Å². The fourth-order valence-electron chi connectivity index (χ4n) is 4.65. The predicted molar refractivity (Wildman–Crippen MR) is 142 cm³/mol. The number of nitrogens with one attached hydrogen (secondary N) is 2. The Morgan fingerprint density at radius 1 is 1.24 bits per heavy atom. The SMILES string of the molecule is CNC1(CCN(C)C)C=C(OC)C(Nc2nccc(-n3cc(COC)c4ccccc43)n2)=CC1[N+](=O)[O-]. The molecule has 0 spiro atoms. The number of para-hydroxylation sites is 1. The number of likely N-dealkylation sites (N-methyl/N-ethyl adjacent to an activating group) is 1. The zero-order chi connectivity index (χ0) is 26.6. The van der Waals surface area contributed by atoms with Crippen molar-refractivity contribution in [3.05, 3.63) is 82.0 Å². The second kappa shape index (κ2) is 11.1. The van der Waals surface area contributed by atoms with Crippen molar-refractivity contribution in [2.75, 3.05) is 47.2 Å². The number of methoxy groups -OCH3 is 2. The lowest BCUT2D eigenvalue weighted by Gasteiger charge is -2.36. The second-order valence-corrected chi connectivity index (χ2v) is 9.20. The highest BCUT2D eigenvalue weighted by Gasteiger charge is 2.46. The number of nitrogens with zero attached hydrogens (tertiary/aromatic N) is 5. The molecule has 4 rings (SSSR count). The van der Waals surface area contributed by atoms with Crippen LogP contribution in [0.4, 0.5) is 5.95 Å². The van der Waals surface area contributed by atoms with Gasteiger partial charge in [0.15, 0.2) is 0 Å². The molecule has 1 aromatic carbocycles. The van der Waals surface area contributed by atoms with E-state index < -0.39 is 11.6 Å². The van der Waals surface area contributed by atoms with Crippen molar-refractivity contribution < 1.29 is 14.4 Å². The summed E-state index contributed by atoms with van der Waals surface area (Å²) in [5.41, 5.74) is 1.56. The minimum Gasteiger partial charge on any atom is -0.495 e. The van der Waals surface area contributed by atoms with Crippen LogP contribution < -0.4 is 10.6 Å². The molecule has 3 aromatic rings. The Morgan fingerprint density at radius 2 is 2.03 bits per heavy atom. The molecule has 0 amide bonds. The van der Waals surface area contributed by atoms with Crippen molar-refractivity contribution >= 4 is 16.9 Å². The molecule has 11 heteroatoms. The van der Waals surface area contributed by atoms with Gasteiger partial charge in [0, 0.05) is 41.5 Å². The van der Waals surface area contributed by atoms with E-state index in [1.54, 1.807) is 39.6 Å². The molecular weight excluding hydrogens is 474 g/mol. The van der Waals surface area contributed by atoms with E-state index >= 15 is 0 Å². The minimum absolute atomic E-state index is 0.280. The molecule has 1 aliphatic rings. The number of aromatic nitrogens is 3. The lowest BCUT2D eigenvalue weighted by atomic mass is 9.82. The number of anilines is 1. The molecule has 0 saturated heterocycles. The average molecular weight is 508 g/mol. The first-order valence-electron chi connectivity index (χ1n) is 12.0. The molecule has 196 valence electrons. The highest BCUT2D eigenvalue weighted by Crippen LogP contribution is 2.32. The highest BCUT2D eigenvalue weighted by atomic mass is 16.6. The molecule has 0 fully saturated rings. The van der Waals surface area contributed by atoms with Crippen molar-refractivity contribution in [3.63, 3.8) is 0 Å². The third kappa shape index (κ3) is 5.33. The van der Waals surface area contributed by atoms with Crippen LogP contribution in [0, 0.1) is 10.1 Å². The second-order valence-electron chi connectivity index (χ2n) is 9.20. The lowest BCUT2D eigenvalue weighted by Crippen LogP contribution is -2.57. The van der Waals surface area contributed by atoms with Gasteiger partial charge in [-0.05, 0) is 52.3 Å². The summed E-state index contributed by atoms with van der Waals surface area (Å²) in [6, 6.07) is 8.82. The normalized spacial score (nSPS) is 19.6. The Hall–Kier alpha value is -3.80. The highest BCUT2D eigenvalue weighted by molar-refractivity contribution is 5.85. The van der Waals surface area contributed by atoms with Gasteiger partial charge in [0.25, 0.3) is 6.04 Å². The molecule has 0 aliphatic heterocycles. The summed E-state index contributed by atoms with van der Waals surface area (Å²) in [6.07, 6.45) is 7.52. The van der Waals surface area contributed by atoms with Gasteiger partial charge >= 0.3 is 0 Å². The molecule has 1 aliphatic carbocycles. The largest absolute Gasteiger partial charge is 0.495 e. The van der Waals surface area contributed by atoms with Crippen molar-refractivity contribution in [2.24, 2.45) is 0 Å². The molecule has 2 heterocycles. The van der Waals surface area contributed by atoms with Crippen LogP contribution in [0.15, 0.2) is 66.3 Å². The quantitative estimate of drug-likeness (QED) is 0.298. The zero-order valence-electron chi connectivity index (χ0n) is 21.8. The van der Waals surface area contributed by atoms with Crippen LogP contribution in [0.5, 0.6) is 0 Å². The van der Waals surface area contributed by atoms with E-state index in [9.17, 15) is 10.1 Å². The Balaban J connectivity index is 1.69. The van der Waals surface area contributed by atoms with Gasteiger partial charge in [0.1, 0.15) is 17.1 Å². The van der Waals surface area contributed by atoms with Gasteiger partial charge in [-0.25, -0.2) is 4.98 Å². The number of ether oxygens (including phenoxy) is 2. The fourth-order valence-corrected chi connectivity index (χ4v) is 4.65. The Labute approximate surface area is 215 Å². The van der Waals surface area contributed by atoms with Crippen LogP contribution in [-0.2, 0) is 16.1 Å². The summed E-state index contributed by atoms with van der Waals surface area (Å²) in [5.74, 6) is 1.43. The summed E-state index contributed by atoms with van der Waals surface area (Å²) < 4.78 is 13.0. The van der Waals surface area contributed by atoms with Crippen LogP contribution in [0.3, 0.4) is 0 Å². The van der Waals surface area contributed by atoms with Gasteiger partial charge in [-0.3, -0.25) is 10.1 Å². The van der Waals surface area contributed by atoms with E-state index in [0.29, 0.717) is 42.8 Å². The smallest absolute Gasteiger partial charge is 0.255 e. The molecule has 37 heavy (non-hydrogen) atoms. The molecule has 2 N–H and O–H groups in total. The summed E-state index contributed by atoms with van der Waals surface area (Å²) in [5, 5.41) is 19.5. The Morgan fingerprint density at radius 3 is 2.70 bits per heavy atom. The van der Waals surface area contributed by atoms with E-state index in [1.165, 1.54) is 0 Å². The molecular formula is C26H33N7O4. The summed E-state index contributed by atoms with van der Waals surface area (Å²) in [4.78, 5) is 22.9. The molecule has 0 radical (unpaired) electrons. The summed E-state index contributed by atoms with van der Waals surface area (Å²) >= 11 is 0. The minimum atomic E-state index is -1.02. The maximum atomic E-state index is 12.2. The fraction of sp³-hybridized carbons (Fsp3) is 0.385. The average Bonchev–Trinajstić information content (AvgIpc) is 3.26. The van der Waals surface area contributed by atoms with Crippen LogP contribution in [0.2, 0.25) is 0 Å². The van der Waals surface area contributed by atoms with Crippen LogP contribution in [0.1, 0.15) is 12.0 Å². The van der Waals surface area contributed by atoms with Gasteiger partial charge < -0.3 is 29.6 Å². The van der Waals surface area contributed by atoms with Crippen molar-refractivity contribution in [1.29, 1.82) is 0 Å². The van der Waals surface area contributed by atoms with Crippen LogP contribution in [-0.4, -0.2) is 77.8 Å². The van der Waals surface area contributed by atoms with Crippen molar-refractivity contribution in [1.82, 2.24) is 24.8 Å². The third-order valence-electron chi connectivity index (χ3n) is 6.62. The zero-order valence-corrected chi connectivity index (χ0v) is 21.8.